The van der Waals surface area contributed by atoms with Gasteiger partial charge in [-0.15, -0.1) is 0 Å². The van der Waals surface area contributed by atoms with Gasteiger partial charge in [0.1, 0.15) is 6.10 Å². The fraction of sp³-hybridized carbons (Fsp3) is 0.353. The molecule has 0 aromatic heterocycles. The van der Waals surface area contributed by atoms with E-state index in [0.29, 0.717) is 6.54 Å². The monoisotopic (exact) mass is 285 g/mol. The first-order valence-corrected chi connectivity index (χ1v) is 7.02. The molecule has 2 heterocycles. The Hall–Kier alpha value is -1.91. The molecule has 3 rings (SSSR count). The van der Waals surface area contributed by atoms with Crippen LogP contribution in [-0.4, -0.2) is 47.8 Å². The summed E-state index contributed by atoms with van der Waals surface area (Å²) in [5, 5.41) is 10.8. The van der Waals surface area contributed by atoms with Crippen LogP contribution < -0.4 is 0 Å². The quantitative estimate of drug-likeness (QED) is 0.840. The summed E-state index contributed by atoms with van der Waals surface area (Å²) < 4.78 is 5.25. The van der Waals surface area contributed by atoms with E-state index < -0.39 is 12.2 Å². The Bertz CT molecular complexity index is 620. The second-order valence-electron chi connectivity index (χ2n) is 5.57. The van der Waals surface area contributed by atoms with Crippen LogP contribution in [0.25, 0.3) is 5.57 Å². The van der Waals surface area contributed by atoms with Crippen LogP contribution in [0.5, 0.6) is 0 Å². The topological polar surface area (TPSA) is 49.8 Å². The Morgan fingerprint density at radius 1 is 1.33 bits per heavy atom. The highest BCUT2D eigenvalue weighted by atomic mass is 16.5. The van der Waals surface area contributed by atoms with Gasteiger partial charge in [-0.3, -0.25) is 4.79 Å². The van der Waals surface area contributed by atoms with Crippen molar-refractivity contribution in [2.45, 2.75) is 25.2 Å². The van der Waals surface area contributed by atoms with Crippen molar-refractivity contribution < 1.29 is 14.6 Å². The van der Waals surface area contributed by atoms with Gasteiger partial charge in [-0.25, -0.2) is 0 Å². The van der Waals surface area contributed by atoms with Gasteiger partial charge in [-0.2, -0.15) is 0 Å². The van der Waals surface area contributed by atoms with Crippen LogP contribution >= 0.6 is 0 Å². The standard InChI is InChI=1S/C17H19NO3/c1-10-9-18-14(16(21-3)17(18)20)15(19)13(11(10)2)12-7-5-4-6-8-12/h4-8,14-16,19H,1,9H2,2-3H3/t14-,15+,16+/m0/s1. The number of benzene rings is 1. The van der Waals surface area contributed by atoms with E-state index in [0.717, 1.165) is 22.3 Å². The van der Waals surface area contributed by atoms with E-state index in [1.54, 1.807) is 4.90 Å². The van der Waals surface area contributed by atoms with Gasteiger partial charge in [0.25, 0.3) is 5.91 Å². The molecule has 0 aliphatic carbocycles. The van der Waals surface area contributed by atoms with Gasteiger partial charge in [0.2, 0.25) is 0 Å². The lowest BCUT2D eigenvalue weighted by Gasteiger charge is -2.47. The van der Waals surface area contributed by atoms with Crippen molar-refractivity contribution in [2.24, 2.45) is 0 Å². The number of nitrogens with zero attached hydrogens (tertiary/aromatic N) is 1. The minimum absolute atomic E-state index is 0.0789. The molecule has 2 aliphatic rings. The number of ether oxygens (including phenoxy) is 1. The smallest absolute Gasteiger partial charge is 0.254 e. The molecule has 0 radical (unpaired) electrons. The number of rotatable bonds is 2. The molecule has 1 aromatic rings. The number of β-lactam (4-membered cyclic amide) rings is 1. The van der Waals surface area contributed by atoms with Crippen molar-refractivity contribution in [1.29, 1.82) is 0 Å². The van der Waals surface area contributed by atoms with Gasteiger partial charge < -0.3 is 14.7 Å². The van der Waals surface area contributed by atoms with Crippen LogP contribution in [0.2, 0.25) is 0 Å². The van der Waals surface area contributed by atoms with Gasteiger partial charge in [-0.1, -0.05) is 36.9 Å². The Balaban J connectivity index is 2.07. The minimum atomic E-state index is -0.769. The van der Waals surface area contributed by atoms with Crippen LogP contribution in [0, 0.1) is 0 Å². The molecule has 21 heavy (non-hydrogen) atoms. The van der Waals surface area contributed by atoms with E-state index in [2.05, 4.69) is 6.58 Å². The van der Waals surface area contributed by atoms with Crippen molar-refractivity contribution in [3.8, 4) is 0 Å². The molecule has 1 amide bonds. The first-order valence-electron chi connectivity index (χ1n) is 7.02. The SMILES string of the molecule is C=C1CN2C(=O)[C@H](OC)[C@@H]2[C@H](O)C(c2ccccc2)=C1C. The van der Waals surface area contributed by atoms with Crippen LogP contribution in [0.15, 0.2) is 48.1 Å². The summed E-state index contributed by atoms with van der Waals surface area (Å²) in [6.45, 7) is 6.46. The Kier molecular flexibility index (Phi) is 3.43. The number of carbonyl (C=O) groups is 1. The molecule has 0 unspecified atom stereocenters. The number of hydrogen-bond acceptors (Lipinski definition) is 3. The van der Waals surface area contributed by atoms with Crippen LogP contribution in [0.3, 0.4) is 0 Å². The normalized spacial score (nSPS) is 29.1. The largest absolute Gasteiger partial charge is 0.386 e. The second-order valence-corrected chi connectivity index (χ2v) is 5.57. The lowest BCUT2D eigenvalue weighted by molar-refractivity contribution is -0.175. The highest BCUT2D eigenvalue weighted by Gasteiger charge is 2.53. The fourth-order valence-corrected chi connectivity index (χ4v) is 3.21. The maximum Gasteiger partial charge on any atom is 0.254 e. The zero-order valence-electron chi connectivity index (χ0n) is 12.2. The summed E-state index contributed by atoms with van der Waals surface area (Å²) in [5.41, 5.74) is 3.60. The van der Waals surface area contributed by atoms with Gasteiger partial charge in [0.15, 0.2) is 6.10 Å². The number of aliphatic hydroxyl groups is 1. The maximum absolute atomic E-state index is 12.1. The van der Waals surface area contributed by atoms with Gasteiger partial charge in [-0.05, 0) is 29.2 Å². The van der Waals surface area contributed by atoms with Crippen molar-refractivity contribution >= 4 is 11.5 Å². The predicted molar refractivity (Wildman–Crippen MR) is 80.5 cm³/mol. The van der Waals surface area contributed by atoms with E-state index in [1.165, 1.54) is 7.11 Å². The molecule has 0 saturated carbocycles. The molecular formula is C17H19NO3. The number of carbonyl (C=O) groups excluding carboxylic acids is 1. The van der Waals surface area contributed by atoms with Crippen molar-refractivity contribution in [1.82, 2.24) is 4.90 Å². The molecule has 0 spiro atoms. The lowest BCUT2D eigenvalue weighted by Crippen LogP contribution is -2.69. The van der Waals surface area contributed by atoms with E-state index in [4.69, 9.17) is 4.74 Å². The highest BCUT2D eigenvalue weighted by Crippen LogP contribution is 2.39. The lowest BCUT2D eigenvalue weighted by atomic mass is 9.85. The summed E-state index contributed by atoms with van der Waals surface area (Å²) in [7, 11) is 1.51. The zero-order chi connectivity index (χ0) is 15.1. The van der Waals surface area contributed by atoms with Gasteiger partial charge in [0.05, 0.1) is 6.04 Å². The van der Waals surface area contributed by atoms with E-state index >= 15 is 0 Å². The number of aliphatic hydroxyl groups excluding tert-OH is 1. The number of methoxy groups -OCH3 is 1. The summed E-state index contributed by atoms with van der Waals surface area (Å²) >= 11 is 0. The number of fused-ring (bicyclic) bond motifs is 1. The minimum Gasteiger partial charge on any atom is -0.386 e. The van der Waals surface area contributed by atoms with Crippen LogP contribution in [0.1, 0.15) is 12.5 Å². The molecule has 3 atom stereocenters. The molecule has 4 heteroatoms. The van der Waals surface area contributed by atoms with Gasteiger partial charge >= 0.3 is 0 Å². The van der Waals surface area contributed by atoms with Crippen LogP contribution in [-0.2, 0) is 9.53 Å². The fourth-order valence-electron chi connectivity index (χ4n) is 3.21. The summed E-state index contributed by atoms with van der Waals surface area (Å²) in [6, 6.07) is 9.41. The molecule has 4 nitrogen and oxygen atoms in total. The van der Waals surface area contributed by atoms with Crippen molar-refractivity contribution in [2.75, 3.05) is 13.7 Å². The molecular weight excluding hydrogens is 266 g/mol. The molecule has 0 bridgehead atoms. The Morgan fingerprint density at radius 2 is 2.00 bits per heavy atom. The van der Waals surface area contributed by atoms with Crippen LogP contribution in [0.4, 0.5) is 0 Å². The molecule has 2 aliphatic heterocycles. The molecule has 1 aromatic carbocycles. The first-order chi connectivity index (χ1) is 10.1. The first kappa shape index (κ1) is 14.0. The molecule has 1 saturated heterocycles. The highest BCUT2D eigenvalue weighted by molar-refractivity contribution is 5.92. The maximum atomic E-state index is 12.1. The Morgan fingerprint density at radius 3 is 2.62 bits per heavy atom. The zero-order valence-corrected chi connectivity index (χ0v) is 12.2. The number of hydrogen-bond donors (Lipinski definition) is 1. The second kappa shape index (κ2) is 5.13. The van der Waals surface area contributed by atoms with Gasteiger partial charge in [0, 0.05) is 13.7 Å². The van der Waals surface area contributed by atoms with E-state index in [9.17, 15) is 9.90 Å². The molecule has 110 valence electrons. The average molecular weight is 285 g/mol. The summed E-state index contributed by atoms with van der Waals surface area (Å²) in [4.78, 5) is 13.7. The van der Waals surface area contributed by atoms with E-state index in [-0.39, 0.29) is 11.9 Å². The average Bonchev–Trinajstić information content (AvgIpc) is 2.57. The molecule has 1 N–H and O–H groups in total. The van der Waals surface area contributed by atoms with E-state index in [1.807, 2.05) is 37.3 Å². The third-order valence-electron chi connectivity index (χ3n) is 4.45. The summed E-state index contributed by atoms with van der Waals surface area (Å²) in [6.07, 6.45) is -1.34. The Labute approximate surface area is 124 Å². The third-order valence-corrected chi connectivity index (χ3v) is 4.45. The van der Waals surface area contributed by atoms with Crippen molar-refractivity contribution in [3.05, 3.63) is 53.6 Å². The molecule has 1 fully saturated rings. The third kappa shape index (κ3) is 2.03. The predicted octanol–water partition coefficient (Wildman–Crippen LogP) is 1.62. The number of amides is 1. The summed E-state index contributed by atoms with van der Waals surface area (Å²) in [5.74, 6) is -0.0789. The van der Waals surface area contributed by atoms with Crippen molar-refractivity contribution in [3.63, 3.8) is 0 Å².